The second-order valence-corrected chi connectivity index (χ2v) is 11.7. The van der Waals surface area contributed by atoms with Crippen molar-refractivity contribution in [2.45, 2.75) is 57.4 Å². The number of amides is 2. The van der Waals surface area contributed by atoms with Crippen molar-refractivity contribution in [2.24, 2.45) is 5.92 Å². The van der Waals surface area contributed by atoms with Crippen molar-refractivity contribution in [1.29, 1.82) is 0 Å². The number of carbonyl (C=O) groups is 1. The van der Waals surface area contributed by atoms with Crippen molar-refractivity contribution in [3.8, 4) is 0 Å². The van der Waals surface area contributed by atoms with Crippen LogP contribution in [0.5, 0.6) is 0 Å². The summed E-state index contributed by atoms with van der Waals surface area (Å²) in [7, 11) is 0. The second kappa shape index (κ2) is 13.5. The summed E-state index contributed by atoms with van der Waals surface area (Å²) in [6.07, 6.45) is 0.218. The summed E-state index contributed by atoms with van der Waals surface area (Å²) in [6, 6.07) is 22.6. The van der Waals surface area contributed by atoms with Crippen LogP contribution in [0.1, 0.15) is 61.3 Å². The van der Waals surface area contributed by atoms with E-state index in [1.165, 1.54) is 0 Å². The molecule has 0 radical (unpaired) electrons. The molecule has 0 unspecified atom stereocenters. The lowest BCUT2D eigenvalue weighted by Gasteiger charge is -2.45. The molecule has 0 saturated carbocycles. The highest BCUT2D eigenvalue weighted by molar-refractivity contribution is 6.30. The summed E-state index contributed by atoms with van der Waals surface area (Å²) < 4.78 is 13.2. The quantitative estimate of drug-likeness (QED) is 0.265. The molecule has 2 aliphatic heterocycles. The molecular weight excluding hydrogens is 554 g/mol. The fourth-order valence-corrected chi connectivity index (χ4v) is 5.96. The van der Waals surface area contributed by atoms with Crippen LogP contribution in [0.4, 0.5) is 10.5 Å². The summed E-state index contributed by atoms with van der Waals surface area (Å²) in [4.78, 5) is 14.5. The smallest absolute Gasteiger partial charge is 0.319 e. The number of benzene rings is 3. The number of urea groups is 1. The van der Waals surface area contributed by atoms with Crippen LogP contribution in [-0.4, -0.2) is 53.4 Å². The van der Waals surface area contributed by atoms with Crippen LogP contribution in [0.25, 0.3) is 0 Å². The molecule has 224 valence electrons. The highest BCUT2D eigenvalue weighted by Crippen LogP contribution is 2.43. The number of aliphatic hydroxyl groups excluding tert-OH is 1. The molecular formula is C33H40ClN3O5. The van der Waals surface area contributed by atoms with Gasteiger partial charge in [-0.2, -0.15) is 0 Å². The average molecular weight is 594 g/mol. The van der Waals surface area contributed by atoms with Gasteiger partial charge >= 0.3 is 6.03 Å². The average Bonchev–Trinajstić information content (AvgIpc) is 3.00. The number of halogens is 1. The molecule has 2 amide bonds. The first-order valence-corrected chi connectivity index (χ1v) is 15.0. The summed E-state index contributed by atoms with van der Waals surface area (Å²) in [6.45, 7) is 6.70. The first-order valence-electron chi connectivity index (χ1n) is 14.6. The van der Waals surface area contributed by atoms with Gasteiger partial charge in [0.1, 0.15) is 0 Å². The van der Waals surface area contributed by atoms with E-state index in [0.29, 0.717) is 36.6 Å². The van der Waals surface area contributed by atoms with E-state index >= 15 is 0 Å². The third kappa shape index (κ3) is 7.14. The molecule has 8 nitrogen and oxygen atoms in total. The summed E-state index contributed by atoms with van der Waals surface area (Å²) in [5.41, 5.74) is 3.36. The number of rotatable bonds is 8. The molecule has 3 aromatic carbocycles. The highest BCUT2D eigenvalue weighted by atomic mass is 35.5. The van der Waals surface area contributed by atoms with Crippen molar-refractivity contribution >= 4 is 23.3 Å². The normalized spacial score (nSPS) is 24.2. The van der Waals surface area contributed by atoms with Crippen molar-refractivity contribution in [2.75, 3.05) is 31.5 Å². The Balaban J connectivity index is 1.34. The first kappa shape index (κ1) is 30.5. The number of anilines is 1. The Kier molecular flexibility index (Phi) is 9.83. The largest absolute Gasteiger partial charge is 0.392 e. The van der Waals surface area contributed by atoms with Crippen LogP contribution in [0.2, 0.25) is 5.02 Å². The summed E-state index contributed by atoms with van der Waals surface area (Å²) in [5, 5.41) is 27.2. The van der Waals surface area contributed by atoms with Gasteiger partial charge in [0, 0.05) is 48.4 Å². The van der Waals surface area contributed by atoms with Gasteiger partial charge in [0.2, 0.25) is 0 Å². The van der Waals surface area contributed by atoms with E-state index in [2.05, 4.69) is 22.5 Å². The molecule has 3 aromatic rings. The summed E-state index contributed by atoms with van der Waals surface area (Å²) >= 11 is 6.07. The minimum atomic E-state index is -0.875. The number of aliphatic hydroxyl groups is 2. The predicted octanol–water partition coefficient (Wildman–Crippen LogP) is 5.75. The Morgan fingerprint density at radius 3 is 2.40 bits per heavy atom. The van der Waals surface area contributed by atoms with Gasteiger partial charge in [0.25, 0.3) is 0 Å². The number of likely N-dealkylation sites (tertiary alicyclic amines) is 1. The Labute approximate surface area is 252 Å². The molecule has 0 aliphatic carbocycles. The molecule has 0 aromatic heterocycles. The zero-order valence-corrected chi connectivity index (χ0v) is 24.9. The maximum absolute atomic E-state index is 12.1. The Bertz CT molecular complexity index is 1330. The molecule has 42 heavy (non-hydrogen) atoms. The van der Waals surface area contributed by atoms with E-state index in [1.807, 2.05) is 79.7 Å². The lowest BCUT2D eigenvalue weighted by molar-refractivity contribution is -0.277. The van der Waals surface area contributed by atoms with E-state index in [9.17, 15) is 15.0 Å². The Morgan fingerprint density at radius 2 is 1.74 bits per heavy atom. The number of hydrogen-bond donors (Lipinski definition) is 4. The highest BCUT2D eigenvalue weighted by Gasteiger charge is 2.41. The zero-order chi connectivity index (χ0) is 29.7. The van der Waals surface area contributed by atoms with Gasteiger partial charge in [-0.05, 0) is 60.7 Å². The lowest BCUT2D eigenvalue weighted by atomic mass is 9.84. The molecule has 0 spiro atoms. The fraction of sp³-hybridized carbons (Fsp3) is 0.424. The molecule has 2 aliphatic rings. The standard InChI is InChI=1S/C33H40ClN3O5/c1-3-35-32(39)36-28-6-4-5-25(19-28)31-41-29(22(2)30(42-31)24-9-7-23(21-38)8-10-24)20-37-17-15-33(40,16-18-37)26-11-13-27(34)14-12-26/h4-14,19,22,29-31,38,40H,3,15-18,20-21H2,1-2H3,(H2,35,36,39)/t22-,29+,30+,31+/m0/s1. The van der Waals surface area contributed by atoms with E-state index in [0.717, 1.165) is 35.3 Å². The lowest BCUT2D eigenvalue weighted by Crippen LogP contribution is -2.49. The van der Waals surface area contributed by atoms with Gasteiger partial charge in [-0.1, -0.05) is 67.1 Å². The molecule has 9 heteroatoms. The maximum atomic E-state index is 12.1. The van der Waals surface area contributed by atoms with Crippen LogP contribution in [0.15, 0.2) is 72.8 Å². The van der Waals surface area contributed by atoms with Crippen LogP contribution in [0, 0.1) is 5.92 Å². The van der Waals surface area contributed by atoms with Crippen LogP contribution < -0.4 is 10.6 Å². The number of hydrogen-bond acceptors (Lipinski definition) is 6. The zero-order valence-electron chi connectivity index (χ0n) is 24.1. The van der Waals surface area contributed by atoms with Gasteiger partial charge in [-0.15, -0.1) is 0 Å². The third-order valence-electron chi connectivity index (χ3n) is 8.38. The SMILES string of the molecule is CCNC(=O)Nc1cccc([C@@H]2O[C@H](CN3CCC(O)(c4ccc(Cl)cc4)CC3)[C@H](C)[C@H](c3ccc(CO)cc3)O2)c1. The number of nitrogens with one attached hydrogen (secondary N) is 2. The van der Waals surface area contributed by atoms with Gasteiger partial charge in [-0.3, -0.25) is 0 Å². The van der Waals surface area contributed by atoms with E-state index in [4.69, 9.17) is 21.1 Å². The minimum absolute atomic E-state index is 0.0154. The third-order valence-corrected chi connectivity index (χ3v) is 8.63. The van der Waals surface area contributed by atoms with E-state index < -0.39 is 11.9 Å². The topological polar surface area (TPSA) is 103 Å². The molecule has 4 N–H and O–H groups in total. The number of carbonyl (C=O) groups excluding carboxylic acids is 1. The number of piperidine rings is 1. The Morgan fingerprint density at radius 1 is 1.02 bits per heavy atom. The van der Waals surface area contributed by atoms with Gasteiger partial charge in [-0.25, -0.2) is 4.79 Å². The maximum Gasteiger partial charge on any atom is 0.319 e. The van der Waals surface area contributed by atoms with Gasteiger partial charge < -0.3 is 35.2 Å². The molecule has 2 heterocycles. The molecule has 5 rings (SSSR count). The van der Waals surface area contributed by atoms with Crippen molar-refractivity contribution < 1.29 is 24.5 Å². The van der Waals surface area contributed by atoms with Crippen molar-refractivity contribution in [1.82, 2.24) is 10.2 Å². The number of nitrogens with zero attached hydrogens (tertiary/aromatic N) is 1. The van der Waals surface area contributed by atoms with Gasteiger partial charge in [0.05, 0.1) is 24.4 Å². The van der Waals surface area contributed by atoms with Crippen molar-refractivity contribution in [3.63, 3.8) is 0 Å². The fourth-order valence-electron chi connectivity index (χ4n) is 5.84. The predicted molar refractivity (Wildman–Crippen MR) is 163 cm³/mol. The van der Waals surface area contributed by atoms with Crippen LogP contribution >= 0.6 is 11.6 Å². The van der Waals surface area contributed by atoms with Gasteiger partial charge in [0.15, 0.2) is 6.29 Å². The molecule has 4 atom stereocenters. The van der Waals surface area contributed by atoms with Crippen LogP contribution in [-0.2, 0) is 21.7 Å². The van der Waals surface area contributed by atoms with E-state index in [1.54, 1.807) is 0 Å². The van der Waals surface area contributed by atoms with E-state index in [-0.39, 0.29) is 30.8 Å². The number of ether oxygens (including phenoxy) is 2. The molecule has 2 fully saturated rings. The van der Waals surface area contributed by atoms with Crippen molar-refractivity contribution in [3.05, 3.63) is 100 Å². The second-order valence-electron chi connectivity index (χ2n) is 11.3. The summed E-state index contributed by atoms with van der Waals surface area (Å²) in [5.74, 6) is 0.0370. The molecule has 2 saturated heterocycles. The first-order chi connectivity index (χ1) is 20.3. The minimum Gasteiger partial charge on any atom is -0.392 e. The monoisotopic (exact) mass is 593 g/mol. The Hall–Kier alpha value is -2.98. The van der Waals surface area contributed by atoms with Crippen LogP contribution in [0.3, 0.4) is 0 Å². The molecule has 0 bridgehead atoms.